The largest absolute Gasteiger partial charge is 0.366 e. The zero-order valence-electron chi connectivity index (χ0n) is 32.1. The summed E-state index contributed by atoms with van der Waals surface area (Å²) < 4.78 is 7.62. The molecule has 15 heteroatoms. The number of rotatable bonds is 19. The van der Waals surface area contributed by atoms with Gasteiger partial charge < -0.3 is 20.2 Å². The van der Waals surface area contributed by atoms with Crippen molar-refractivity contribution < 1.29 is 19.2 Å². The van der Waals surface area contributed by atoms with Crippen LogP contribution in [0.4, 0.5) is 11.9 Å². The van der Waals surface area contributed by atoms with E-state index in [1.165, 1.54) is 0 Å². The monoisotopic (exact) mass is 747 g/mol. The van der Waals surface area contributed by atoms with E-state index >= 15 is 0 Å². The Morgan fingerprint density at radius 1 is 0.800 bits per heavy atom. The van der Waals surface area contributed by atoms with Crippen LogP contribution in [-0.4, -0.2) is 70.1 Å². The van der Waals surface area contributed by atoms with E-state index < -0.39 is 5.91 Å². The number of fused-ring (bicyclic) bond motifs is 2. The number of aromatic nitrogens is 8. The van der Waals surface area contributed by atoms with Crippen LogP contribution in [0.2, 0.25) is 0 Å². The Morgan fingerprint density at radius 2 is 1.47 bits per heavy atom. The molecule has 0 atom stereocenters. The van der Waals surface area contributed by atoms with Gasteiger partial charge in [0.15, 0.2) is 6.29 Å². The Balaban J connectivity index is 1.21. The van der Waals surface area contributed by atoms with Crippen molar-refractivity contribution in [3.05, 3.63) is 81.9 Å². The number of benzene rings is 2. The molecular formula is C40H49N11O4. The molecule has 0 fully saturated rings. The third-order valence-electron chi connectivity index (χ3n) is 9.76. The first-order valence-electron chi connectivity index (χ1n) is 18.8. The minimum Gasteiger partial charge on any atom is -0.366 e. The number of nitrogens with one attached hydrogen (secondary N) is 2. The molecule has 0 aliphatic heterocycles. The van der Waals surface area contributed by atoms with Crippen LogP contribution in [0.1, 0.15) is 105 Å². The van der Waals surface area contributed by atoms with Crippen LogP contribution < -0.4 is 16.4 Å². The van der Waals surface area contributed by atoms with Gasteiger partial charge in [-0.1, -0.05) is 20.3 Å². The predicted molar refractivity (Wildman–Crippen MR) is 212 cm³/mol. The highest BCUT2D eigenvalue weighted by molar-refractivity contribution is 6.04. The van der Waals surface area contributed by atoms with Gasteiger partial charge in [-0.3, -0.25) is 33.9 Å². The number of nitrogens with zero attached hydrogens (tertiary/aromatic N) is 8. The molecule has 2 amide bonds. The van der Waals surface area contributed by atoms with E-state index in [9.17, 15) is 19.2 Å². The number of hydrogen-bond acceptors (Lipinski definition) is 9. The lowest BCUT2D eigenvalue weighted by atomic mass is 10.0. The summed E-state index contributed by atoms with van der Waals surface area (Å²) in [5.41, 5.74) is 13.1. The second-order valence-electron chi connectivity index (χ2n) is 14.4. The summed E-state index contributed by atoms with van der Waals surface area (Å²) in [5.74, 6) is 0.472. The van der Waals surface area contributed by atoms with Crippen molar-refractivity contribution in [2.45, 2.75) is 92.4 Å². The van der Waals surface area contributed by atoms with Gasteiger partial charge in [-0.15, -0.1) is 0 Å². The Labute approximate surface area is 319 Å². The fraction of sp³-hybridized carbons (Fsp3) is 0.400. The molecule has 4 heterocycles. The molecule has 15 nitrogen and oxygen atoms in total. The number of amides is 2. The maximum atomic E-state index is 14.3. The van der Waals surface area contributed by atoms with Gasteiger partial charge >= 0.3 is 0 Å². The van der Waals surface area contributed by atoms with Crippen molar-refractivity contribution in [3.8, 4) is 0 Å². The van der Waals surface area contributed by atoms with Gasteiger partial charge in [-0.25, -0.2) is 9.97 Å². The van der Waals surface area contributed by atoms with Gasteiger partial charge in [0.2, 0.25) is 17.8 Å². The van der Waals surface area contributed by atoms with E-state index in [2.05, 4.69) is 39.1 Å². The fourth-order valence-corrected chi connectivity index (χ4v) is 7.17. The van der Waals surface area contributed by atoms with Gasteiger partial charge in [0.05, 0.1) is 33.5 Å². The summed E-state index contributed by atoms with van der Waals surface area (Å²) in [6.07, 6.45) is 6.39. The summed E-state index contributed by atoms with van der Waals surface area (Å²) in [4.78, 5) is 58.6. The third kappa shape index (κ3) is 8.50. The smallest absolute Gasteiger partial charge is 0.276 e. The minimum atomic E-state index is -0.559. The van der Waals surface area contributed by atoms with Gasteiger partial charge in [0, 0.05) is 49.9 Å². The Hall–Kier alpha value is -6.12. The number of carbonyl (C=O) groups is 4. The van der Waals surface area contributed by atoms with Crippen molar-refractivity contribution in [3.63, 3.8) is 0 Å². The number of aldehydes is 2. The highest BCUT2D eigenvalue weighted by Gasteiger charge is 2.24. The zero-order valence-corrected chi connectivity index (χ0v) is 32.1. The lowest BCUT2D eigenvalue weighted by molar-refractivity contribution is 0.0995. The molecule has 6 rings (SSSR count). The average Bonchev–Trinajstić information content (AvgIpc) is 3.89. The van der Waals surface area contributed by atoms with E-state index in [4.69, 9.17) is 15.8 Å². The fourth-order valence-electron chi connectivity index (χ4n) is 7.17. The standard InChI is InChI=1S/C40H49N11O4/c1-25(2)22-51-36(31(27(4)47-51)11-7-6-8-18-50-30(24-53)19-26(3)46-50)38(55)45-40-44-33-21-29(37(41)54)13-15-35(33)49(40)17-10-9-16-48-34-14-12-28(23-52)20-32(34)43-39(48)42-5/h12-15,19-21,23-25H,6-11,16-18,22H2,1-5H3,(H2,41,54)(H,42,43)(H,44,45,55). The quantitative estimate of drug-likeness (QED) is 0.0663. The minimum absolute atomic E-state index is 0.253. The van der Waals surface area contributed by atoms with Crippen LogP contribution in [0, 0.1) is 19.8 Å². The second kappa shape index (κ2) is 16.9. The maximum Gasteiger partial charge on any atom is 0.276 e. The highest BCUT2D eigenvalue weighted by Crippen LogP contribution is 2.26. The summed E-state index contributed by atoms with van der Waals surface area (Å²) >= 11 is 0. The van der Waals surface area contributed by atoms with Gasteiger partial charge in [-0.05, 0) is 94.3 Å². The number of anilines is 2. The van der Waals surface area contributed by atoms with Gasteiger partial charge in [-0.2, -0.15) is 10.2 Å². The van der Waals surface area contributed by atoms with Crippen LogP contribution in [0.15, 0.2) is 42.5 Å². The normalized spacial score (nSPS) is 11.5. The second-order valence-corrected chi connectivity index (χ2v) is 14.4. The van der Waals surface area contributed by atoms with Crippen molar-refractivity contribution in [1.82, 2.24) is 38.7 Å². The molecule has 0 saturated heterocycles. The number of unbranched alkanes of at least 4 members (excludes halogenated alkanes) is 3. The lowest BCUT2D eigenvalue weighted by Gasteiger charge is -2.14. The van der Waals surface area contributed by atoms with Crippen molar-refractivity contribution in [2.75, 3.05) is 17.7 Å². The van der Waals surface area contributed by atoms with Crippen LogP contribution in [-0.2, 0) is 32.6 Å². The molecule has 6 aromatic rings. The topological polar surface area (TPSA) is 190 Å². The average molecular weight is 748 g/mol. The summed E-state index contributed by atoms with van der Waals surface area (Å²) in [5, 5.41) is 15.5. The number of carbonyl (C=O) groups excluding carboxylic acids is 4. The first kappa shape index (κ1) is 38.6. The van der Waals surface area contributed by atoms with E-state index in [0.717, 1.165) is 78.2 Å². The number of primary amides is 1. The lowest BCUT2D eigenvalue weighted by Crippen LogP contribution is -2.23. The van der Waals surface area contributed by atoms with Crippen LogP contribution in [0.3, 0.4) is 0 Å². The summed E-state index contributed by atoms with van der Waals surface area (Å²) in [6, 6.07) is 12.4. The molecule has 0 unspecified atom stereocenters. The van der Waals surface area contributed by atoms with E-state index in [0.29, 0.717) is 72.5 Å². The van der Waals surface area contributed by atoms with Crippen molar-refractivity contribution in [1.29, 1.82) is 0 Å². The first-order valence-corrected chi connectivity index (χ1v) is 18.8. The van der Waals surface area contributed by atoms with E-state index in [1.54, 1.807) is 39.7 Å². The molecule has 2 aromatic carbocycles. The Morgan fingerprint density at radius 3 is 2.15 bits per heavy atom. The SMILES string of the molecule is CNc1nc2cc(C=O)ccc2n1CCCCn1c(NC(=O)c2c(CCCCCn3nc(C)cc3C=O)c(C)nn2CC(C)C)nc2cc(C(N)=O)ccc21. The molecule has 0 aliphatic carbocycles. The molecule has 0 radical (unpaired) electrons. The molecule has 288 valence electrons. The van der Waals surface area contributed by atoms with Gasteiger partial charge in [0.25, 0.3) is 5.91 Å². The maximum absolute atomic E-state index is 14.3. The molecular weight excluding hydrogens is 699 g/mol. The summed E-state index contributed by atoms with van der Waals surface area (Å²) in [7, 11) is 1.82. The molecule has 4 aromatic heterocycles. The first-order chi connectivity index (χ1) is 26.5. The highest BCUT2D eigenvalue weighted by atomic mass is 16.2. The molecule has 0 bridgehead atoms. The molecule has 55 heavy (non-hydrogen) atoms. The van der Waals surface area contributed by atoms with Crippen LogP contribution >= 0.6 is 0 Å². The van der Waals surface area contributed by atoms with Crippen molar-refractivity contribution >= 4 is 58.4 Å². The van der Waals surface area contributed by atoms with Crippen molar-refractivity contribution in [2.24, 2.45) is 11.7 Å². The third-order valence-corrected chi connectivity index (χ3v) is 9.76. The molecule has 0 saturated carbocycles. The summed E-state index contributed by atoms with van der Waals surface area (Å²) in [6.45, 7) is 10.4. The molecule has 0 aliphatic rings. The zero-order chi connectivity index (χ0) is 39.2. The number of nitrogens with two attached hydrogens (primary N) is 1. The van der Waals surface area contributed by atoms with Crippen LogP contribution in [0.25, 0.3) is 22.1 Å². The number of imidazole rings is 2. The number of hydrogen-bond donors (Lipinski definition) is 3. The number of aryl methyl sites for hydroxylation is 5. The molecule has 4 N–H and O–H groups in total. The van der Waals surface area contributed by atoms with Gasteiger partial charge in [0.1, 0.15) is 17.7 Å². The van der Waals surface area contributed by atoms with E-state index in [-0.39, 0.29) is 11.8 Å². The van der Waals surface area contributed by atoms with E-state index in [1.807, 2.05) is 37.6 Å². The Kier molecular flexibility index (Phi) is 11.9. The predicted octanol–water partition coefficient (Wildman–Crippen LogP) is 5.96. The van der Waals surface area contributed by atoms with Crippen LogP contribution in [0.5, 0.6) is 0 Å². The molecule has 0 spiro atoms. The Bertz CT molecular complexity index is 2360.